The second-order valence-corrected chi connectivity index (χ2v) is 25.1. The van der Waals surface area contributed by atoms with Gasteiger partial charge in [-0.05, 0) is 144 Å². The minimum atomic E-state index is -6.76. The highest BCUT2D eigenvalue weighted by Gasteiger charge is 2.85. The molecule has 1 aromatic heterocycles. The van der Waals surface area contributed by atoms with Crippen molar-refractivity contribution in [3.05, 3.63) is 61.9 Å². The molecule has 8 atom stereocenters. The number of aliphatic hydroxyl groups is 2. The number of aromatic amines is 1. The number of hydrogen-bond donors (Lipinski definition) is 4. The van der Waals surface area contributed by atoms with Gasteiger partial charge in [-0.3, -0.25) is 19.1 Å². The number of fused-ring (bicyclic) bond motifs is 5. The Morgan fingerprint density at radius 3 is 2.30 bits per heavy atom. The molecule has 6 rings (SSSR count). The SMILES string of the molecule is CN(CCOc1ccc2c(c1)CCC1C2CC[C@]2(C)[C@@H](OCCCOC(C(F)(F)F)(C(F)(F)F)C(F)(F)F)CC[C@@]12C)CCC(C)(C)SSCCCCCCNC(=O)CCc1cn(C2CC(O)C(CO)O2)c(=O)[nH]c1=O. The molecule has 1 aromatic carbocycles. The number of ether oxygens (including phenoxy) is 4. The number of alkyl halides is 9. The zero-order valence-corrected chi connectivity index (χ0v) is 45.5. The van der Waals surface area contributed by atoms with E-state index in [0.29, 0.717) is 31.4 Å². The Bertz CT molecular complexity index is 2320. The third kappa shape index (κ3) is 14.3. The largest absolute Gasteiger partial charge is 0.492 e. The molecule has 432 valence electrons. The van der Waals surface area contributed by atoms with Gasteiger partial charge in [0.25, 0.3) is 5.56 Å². The van der Waals surface area contributed by atoms with Crippen LogP contribution in [0.5, 0.6) is 5.75 Å². The number of aryl methyl sites for hydroxylation is 2. The fourth-order valence-electron chi connectivity index (χ4n) is 11.8. The van der Waals surface area contributed by atoms with Crippen LogP contribution >= 0.6 is 21.6 Å². The van der Waals surface area contributed by atoms with E-state index in [9.17, 15) is 64.1 Å². The fraction of sp³-hybridized carbons (Fsp3) is 0.788. The molecule has 4 aliphatic rings. The molecule has 1 amide bonds. The summed E-state index contributed by atoms with van der Waals surface area (Å²) in [7, 11) is 5.86. The maximum absolute atomic E-state index is 13.3. The molecule has 2 saturated carbocycles. The van der Waals surface area contributed by atoms with Gasteiger partial charge in [-0.25, -0.2) is 4.79 Å². The summed E-state index contributed by atoms with van der Waals surface area (Å²) < 4.78 is 142. The number of hydrogen-bond acceptors (Lipinski definition) is 12. The van der Waals surface area contributed by atoms with E-state index in [-0.39, 0.29) is 59.0 Å². The number of amides is 1. The van der Waals surface area contributed by atoms with E-state index in [4.69, 9.17) is 14.2 Å². The molecule has 1 aliphatic heterocycles. The topological polar surface area (TPSA) is 165 Å². The monoisotopic (exact) mass is 1130 g/mol. The average Bonchev–Trinajstić information content (AvgIpc) is 3.89. The van der Waals surface area contributed by atoms with Crippen molar-refractivity contribution < 1.29 is 73.5 Å². The van der Waals surface area contributed by atoms with Gasteiger partial charge in [0, 0.05) is 54.8 Å². The number of nitrogens with zero attached hydrogens (tertiary/aromatic N) is 2. The van der Waals surface area contributed by atoms with Crippen molar-refractivity contribution in [1.29, 1.82) is 0 Å². The quantitative estimate of drug-likeness (QED) is 0.0381. The smallest absolute Gasteiger partial charge is 0.435 e. The lowest BCUT2D eigenvalue weighted by atomic mass is 9.48. The predicted octanol–water partition coefficient (Wildman–Crippen LogP) is 9.81. The van der Waals surface area contributed by atoms with Crippen molar-refractivity contribution >= 4 is 27.5 Å². The lowest BCUT2D eigenvalue weighted by Gasteiger charge is -2.57. The van der Waals surface area contributed by atoms with Gasteiger partial charge in [0.1, 0.15) is 24.7 Å². The number of unbranched alkanes of at least 4 members (excludes halogenated alkanes) is 3. The van der Waals surface area contributed by atoms with Crippen LogP contribution in [0.4, 0.5) is 39.5 Å². The highest BCUT2D eigenvalue weighted by molar-refractivity contribution is 8.77. The molecule has 0 radical (unpaired) electrons. The first-order chi connectivity index (χ1) is 35.6. The Labute approximate surface area is 445 Å². The summed E-state index contributed by atoms with van der Waals surface area (Å²) in [5, 5.41) is 22.3. The van der Waals surface area contributed by atoms with Crippen LogP contribution in [0.3, 0.4) is 0 Å². The van der Waals surface area contributed by atoms with Gasteiger partial charge in [0.05, 0.1) is 25.4 Å². The minimum Gasteiger partial charge on any atom is -0.492 e. The van der Waals surface area contributed by atoms with Gasteiger partial charge in [0.2, 0.25) is 5.91 Å². The standard InChI is InChI=1S/C52H75F9N4O9S2/c1-46(2,76-75-28-9-7-6-8-22-62-42(68)16-12-34-31-65(45(70)63-44(34)69)43-30-39(67)40(32-66)74-43)21-23-64(5)24-27-71-35-13-14-36-33(29-35)11-15-38-37(36)17-19-48(4)41(18-20-47(38,48)3)72-25-10-26-73-49(50(53,54)55,51(56,57)58)52(59,60)61/h13-14,29,31,37-41,43,66-67H,6-12,15-28,30,32H2,1-5H3,(H,62,68)(H,63,69,70)/t37?,38?,39?,40?,41-,43?,47-,48+/m0/s1. The Morgan fingerprint density at radius 2 is 1.62 bits per heavy atom. The number of halogens is 9. The number of rotatable bonds is 27. The van der Waals surface area contributed by atoms with Crippen molar-refractivity contribution in [3.8, 4) is 5.75 Å². The van der Waals surface area contributed by atoms with Crippen molar-refractivity contribution in [2.75, 3.05) is 58.9 Å². The molecular formula is C52H75F9N4O9S2. The lowest BCUT2D eigenvalue weighted by Crippen LogP contribution is -2.67. The molecule has 2 aromatic rings. The molecule has 5 unspecified atom stereocenters. The molecule has 1 saturated heterocycles. The first-order valence-corrected chi connectivity index (χ1v) is 28.7. The van der Waals surface area contributed by atoms with Gasteiger partial charge in [-0.2, -0.15) is 39.5 Å². The van der Waals surface area contributed by atoms with Gasteiger partial charge in [0.15, 0.2) is 0 Å². The molecule has 0 spiro atoms. The molecule has 3 fully saturated rings. The van der Waals surface area contributed by atoms with Crippen LogP contribution in [0, 0.1) is 16.7 Å². The van der Waals surface area contributed by atoms with E-state index < -0.39 is 73.4 Å². The predicted molar refractivity (Wildman–Crippen MR) is 271 cm³/mol. The van der Waals surface area contributed by atoms with Crippen LogP contribution in [0.25, 0.3) is 0 Å². The number of carbonyl (C=O) groups excluding carboxylic acids is 1. The summed E-state index contributed by atoms with van der Waals surface area (Å²) >= 11 is 0. The number of carbonyl (C=O) groups is 1. The molecule has 3 aliphatic carbocycles. The van der Waals surface area contributed by atoms with Crippen molar-refractivity contribution in [3.63, 3.8) is 0 Å². The number of benzene rings is 1. The second-order valence-electron chi connectivity index (χ2n) is 22.0. The number of aliphatic hydroxyl groups excluding tert-OH is 2. The van der Waals surface area contributed by atoms with Crippen molar-refractivity contribution in [2.24, 2.45) is 16.7 Å². The van der Waals surface area contributed by atoms with Gasteiger partial charge < -0.3 is 39.4 Å². The zero-order valence-electron chi connectivity index (χ0n) is 43.9. The fourth-order valence-corrected chi connectivity index (χ4v) is 14.5. The number of H-pyrrole nitrogens is 1. The van der Waals surface area contributed by atoms with Crippen LogP contribution in [0.15, 0.2) is 34.0 Å². The summed E-state index contributed by atoms with van der Waals surface area (Å²) in [6.07, 6.45) is -12.5. The molecule has 76 heavy (non-hydrogen) atoms. The van der Waals surface area contributed by atoms with Crippen LogP contribution in [0.2, 0.25) is 0 Å². The van der Waals surface area contributed by atoms with Gasteiger partial charge in [-0.15, -0.1) is 0 Å². The summed E-state index contributed by atoms with van der Waals surface area (Å²) in [5.74, 6) is 2.24. The third-order valence-electron chi connectivity index (χ3n) is 16.5. The minimum absolute atomic E-state index is 0.0652. The van der Waals surface area contributed by atoms with Crippen molar-refractivity contribution in [1.82, 2.24) is 19.8 Å². The highest BCUT2D eigenvalue weighted by Crippen LogP contribution is 2.68. The Balaban J connectivity index is 0.826. The maximum atomic E-state index is 13.3. The summed E-state index contributed by atoms with van der Waals surface area (Å²) in [6.45, 7) is 9.39. The first kappa shape index (κ1) is 62.2. The number of nitrogens with one attached hydrogen (secondary N) is 2. The molecule has 24 heteroatoms. The lowest BCUT2D eigenvalue weighted by molar-refractivity contribution is -0.457. The summed E-state index contributed by atoms with van der Waals surface area (Å²) in [6, 6.07) is 6.34. The Kier molecular flexibility index (Phi) is 21.0. The van der Waals surface area contributed by atoms with Crippen LogP contribution in [-0.2, 0) is 31.8 Å². The zero-order chi connectivity index (χ0) is 55.9. The molecule has 13 nitrogen and oxygen atoms in total. The van der Waals surface area contributed by atoms with Crippen LogP contribution < -0.4 is 21.3 Å². The number of aromatic nitrogens is 2. The second kappa shape index (κ2) is 25.6. The van der Waals surface area contributed by atoms with E-state index in [1.165, 1.54) is 21.9 Å². The van der Waals surface area contributed by atoms with Crippen LogP contribution in [0.1, 0.15) is 140 Å². The maximum Gasteiger partial charge on any atom is 0.435 e. The Hall–Kier alpha value is -3.00. The highest BCUT2D eigenvalue weighted by atomic mass is 33.1. The average molecular weight is 1140 g/mol. The van der Waals surface area contributed by atoms with Crippen molar-refractivity contribution in [2.45, 2.75) is 183 Å². The third-order valence-corrected chi connectivity index (χ3v) is 20.0. The summed E-state index contributed by atoms with van der Waals surface area (Å²) in [5.41, 5.74) is -5.28. The van der Waals surface area contributed by atoms with E-state index in [2.05, 4.69) is 66.8 Å². The van der Waals surface area contributed by atoms with Crippen LogP contribution in [-0.4, -0.2) is 137 Å². The van der Waals surface area contributed by atoms with Gasteiger partial charge in [-0.1, -0.05) is 54.3 Å². The van der Waals surface area contributed by atoms with E-state index in [0.717, 1.165) is 88.8 Å². The molecular weight excluding hydrogens is 1060 g/mol. The number of likely N-dealkylation sites (N-methyl/N-ethyl adjacent to an activating group) is 1. The normalized spacial score (nSPS) is 26.1. The molecule has 2 heterocycles. The Morgan fingerprint density at radius 1 is 0.921 bits per heavy atom. The van der Waals surface area contributed by atoms with E-state index in [1.807, 2.05) is 27.7 Å². The van der Waals surface area contributed by atoms with E-state index >= 15 is 0 Å². The van der Waals surface area contributed by atoms with Gasteiger partial charge >= 0.3 is 29.8 Å². The molecule has 0 bridgehead atoms. The van der Waals surface area contributed by atoms with E-state index in [1.54, 1.807) is 0 Å². The molecule has 4 N–H and O–H groups in total. The summed E-state index contributed by atoms with van der Waals surface area (Å²) in [4.78, 5) is 41.8. The first-order valence-electron chi connectivity index (χ1n) is 26.3.